The van der Waals surface area contributed by atoms with Crippen LogP contribution in [0.4, 0.5) is 0 Å². The first-order valence-electron chi connectivity index (χ1n) is 12.3. The van der Waals surface area contributed by atoms with Crippen LogP contribution in [-0.2, 0) is 30.9 Å². The number of sulfonamides is 2. The van der Waals surface area contributed by atoms with Crippen molar-refractivity contribution < 1.29 is 26.3 Å². The number of rotatable bonds is 6. The molecule has 0 radical (unpaired) electrons. The summed E-state index contributed by atoms with van der Waals surface area (Å²) in [6.45, 7) is 13.9. The van der Waals surface area contributed by atoms with E-state index in [1.165, 1.54) is 8.61 Å². The van der Waals surface area contributed by atoms with Crippen molar-refractivity contribution in [2.45, 2.75) is 75.1 Å². The van der Waals surface area contributed by atoms with Gasteiger partial charge in [-0.05, 0) is 54.2 Å². The Kier molecular flexibility index (Phi) is 8.11. The lowest BCUT2D eigenvalue weighted by Crippen LogP contribution is -2.55. The minimum atomic E-state index is -3.85. The Morgan fingerprint density at radius 2 is 1.16 bits per heavy atom. The Hall–Kier alpha value is -2.14. The zero-order valence-electron chi connectivity index (χ0n) is 23.3. The predicted octanol–water partition coefficient (Wildman–Crippen LogP) is 4.38. The number of methoxy groups -OCH3 is 2. The molecule has 206 valence electrons. The van der Waals surface area contributed by atoms with Gasteiger partial charge in [0.25, 0.3) is 0 Å². The maximum Gasteiger partial charge on any atom is 0.243 e. The molecule has 1 heterocycles. The molecule has 3 rings (SSSR count). The lowest BCUT2D eigenvalue weighted by Gasteiger charge is -2.38. The fraction of sp³-hybridized carbons (Fsp3) is 0.556. The molecular weight excluding hydrogens is 512 g/mol. The second kappa shape index (κ2) is 10.2. The van der Waals surface area contributed by atoms with E-state index in [1.54, 1.807) is 57.5 Å². The van der Waals surface area contributed by atoms with Crippen molar-refractivity contribution in [1.82, 2.24) is 8.61 Å². The molecule has 1 fully saturated rings. The van der Waals surface area contributed by atoms with Gasteiger partial charge in [-0.25, -0.2) is 16.8 Å². The SMILES string of the molecule is COc1ccc(S(=O)(=O)N2CCN(S(=O)(=O)c3ccc(OC)c(C(C)(C)C)c3)[C@@H](C)C2)cc1C(C)(C)C. The highest BCUT2D eigenvalue weighted by Crippen LogP contribution is 2.36. The molecule has 0 bridgehead atoms. The van der Waals surface area contributed by atoms with Crippen LogP contribution in [0.15, 0.2) is 46.2 Å². The number of ether oxygens (including phenoxy) is 2. The van der Waals surface area contributed by atoms with Gasteiger partial charge in [-0.3, -0.25) is 0 Å². The number of piperazine rings is 1. The molecule has 1 aliphatic heterocycles. The Bertz CT molecular complexity index is 1360. The Morgan fingerprint density at radius 1 is 0.730 bits per heavy atom. The maximum atomic E-state index is 13.6. The van der Waals surface area contributed by atoms with Crippen molar-refractivity contribution in [2.75, 3.05) is 33.9 Å². The second-order valence-corrected chi connectivity index (χ2v) is 15.4. The van der Waals surface area contributed by atoms with Crippen molar-refractivity contribution in [2.24, 2.45) is 0 Å². The Morgan fingerprint density at radius 3 is 1.54 bits per heavy atom. The molecule has 8 nitrogen and oxygen atoms in total. The number of hydrogen-bond donors (Lipinski definition) is 0. The van der Waals surface area contributed by atoms with Crippen LogP contribution < -0.4 is 9.47 Å². The van der Waals surface area contributed by atoms with E-state index in [0.29, 0.717) is 11.5 Å². The molecule has 0 amide bonds. The highest BCUT2D eigenvalue weighted by atomic mass is 32.2. The Labute approximate surface area is 222 Å². The average molecular weight is 553 g/mol. The normalized spacial score (nSPS) is 18.6. The second-order valence-electron chi connectivity index (χ2n) is 11.6. The van der Waals surface area contributed by atoms with Gasteiger partial charge >= 0.3 is 0 Å². The molecule has 2 aromatic carbocycles. The molecular formula is C27H40N2O6S2. The van der Waals surface area contributed by atoms with Crippen LogP contribution in [0.25, 0.3) is 0 Å². The average Bonchev–Trinajstić information content (AvgIpc) is 2.81. The smallest absolute Gasteiger partial charge is 0.243 e. The molecule has 1 aliphatic rings. The zero-order valence-corrected chi connectivity index (χ0v) is 25.0. The predicted molar refractivity (Wildman–Crippen MR) is 146 cm³/mol. The standard InChI is InChI=1S/C27H40N2O6S2/c1-19-18-28(36(30,31)20-10-12-24(34-8)22(16-20)26(2,3)4)14-15-29(19)37(32,33)21-11-13-25(35-9)23(17-21)27(5,6)7/h10-13,16-17,19H,14-15,18H2,1-9H3/t19-/m0/s1. The molecule has 0 unspecified atom stereocenters. The van der Waals surface area contributed by atoms with Gasteiger partial charge in [0.05, 0.1) is 24.0 Å². The van der Waals surface area contributed by atoms with E-state index in [9.17, 15) is 16.8 Å². The highest BCUT2D eigenvalue weighted by Gasteiger charge is 2.39. The molecule has 0 N–H and O–H groups in total. The van der Waals surface area contributed by atoms with Crippen LogP contribution in [-0.4, -0.2) is 65.3 Å². The van der Waals surface area contributed by atoms with E-state index in [0.717, 1.165) is 11.1 Å². The van der Waals surface area contributed by atoms with Gasteiger partial charge in [-0.15, -0.1) is 0 Å². The summed E-state index contributed by atoms with van der Waals surface area (Å²) in [5.41, 5.74) is 0.944. The van der Waals surface area contributed by atoms with Crippen molar-refractivity contribution >= 4 is 20.0 Å². The van der Waals surface area contributed by atoms with Gasteiger partial charge in [0, 0.05) is 36.8 Å². The molecule has 0 spiro atoms. The molecule has 37 heavy (non-hydrogen) atoms. The van der Waals surface area contributed by atoms with E-state index >= 15 is 0 Å². The van der Waals surface area contributed by atoms with Gasteiger partial charge in [0.15, 0.2) is 0 Å². The maximum absolute atomic E-state index is 13.6. The third kappa shape index (κ3) is 5.82. The van der Waals surface area contributed by atoms with E-state index < -0.39 is 26.1 Å². The van der Waals surface area contributed by atoms with Crippen molar-refractivity contribution in [1.29, 1.82) is 0 Å². The molecule has 0 aromatic heterocycles. The van der Waals surface area contributed by atoms with Gasteiger partial charge in [0.2, 0.25) is 20.0 Å². The van der Waals surface area contributed by atoms with E-state index in [-0.39, 0.29) is 40.3 Å². The minimum Gasteiger partial charge on any atom is -0.496 e. The summed E-state index contributed by atoms with van der Waals surface area (Å²) >= 11 is 0. The summed E-state index contributed by atoms with van der Waals surface area (Å²) in [6, 6.07) is 9.22. The summed E-state index contributed by atoms with van der Waals surface area (Å²) < 4.78 is 68.1. The van der Waals surface area contributed by atoms with Crippen LogP contribution in [0.1, 0.15) is 59.6 Å². The zero-order chi connectivity index (χ0) is 28.0. The highest BCUT2D eigenvalue weighted by molar-refractivity contribution is 7.89. The fourth-order valence-electron chi connectivity index (χ4n) is 4.63. The van der Waals surface area contributed by atoms with Gasteiger partial charge < -0.3 is 9.47 Å². The first-order valence-corrected chi connectivity index (χ1v) is 15.2. The molecule has 0 saturated carbocycles. The van der Waals surface area contributed by atoms with Crippen LogP contribution in [0, 0.1) is 0 Å². The molecule has 0 aliphatic carbocycles. The Balaban J connectivity index is 1.90. The van der Waals surface area contributed by atoms with E-state index in [2.05, 4.69) is 0 Å². The van der Waals surface area contributed by atoms with Crippen molar-refractivity contribution in [3.63, 3.8) is 0 Å². The third-order valence-corrected chi connectivity index (χ3v) is 10.6. The summed E-state index contributed by atoms with van der Waals surface area (Å²) in [4.78, 5) is 0.345. The monoisotopic (exact) mass is 552 g/mol. The van der Waals surface area contributed by atoms with Crippen LogP contribution >= 0.6 is 0 Å². The summed E-state index contributed by atoms with van der Waals surface area (Å²) in [5, 5.41) is 0. The molecule has 10 heteroatoms. The summed E-state index contributed by atoms with van der Waals surface area (Å²) in [7, 11) is -4.55. The van der Waals surface area contributed by atoms with Gasteiger partial charge in [-0.2, -0.15) is 8.61 Å². The van der Waals surface area contributed by atoms with Crippen LogP contribution in [0.2, 0.25) is 0 Å². The van der Waals surface area contributed by atoms with E-state index in [1.807, 2.05) is 41.5 Å². The summed E-state index contributed by atoms with van der Waals surface area (Å²) in [6.07, 6.45) is 0. The van der Waals surface area contributed by atoms with Crippen LogP contribution in [0.5, 0.6) is 11.5 Å². The van der Waals surface area contributed by atoms with Crippen LogP contribution in [0.3, 0.4) is 0 Å². The van der Waals surface area contributed by atoms with Crippen molar-refractivity contribution in [3.05, 3.63) is 47.5 Å². The topological polar surface area (TPSA) is 93.2 Å². The lowest BCUT2D eigenvalue weighted by molar-refractivity contribution is 0.212. The molecule has 1 atom stereocenters. The number of benzene rings is 2. The van der Waals surface area contributed by atoms with Crippen molar-refractivity contribution in [3.8, 4) is 11.5 Å². The van der Waals surface area contributed by atoms with Gasteiger partial charge in [-0.1, -0.05) is 41.5 Å². The number of nitrogens with zero attached hydrogens (tertiary/aromatic N) is 2. The lowest BCUT2D eigenvalue weighted by atomic mass is 9.86. The quantitative estimate of drug-likeness (QED) is 0.528. The van der Waals surface area contributed by atoms with Gasteiger partial charge in [0.1, 0.15) is 11.5 Å². The molecule has 1 saturated heterocycles. The summed E-state index contributed by atoms with van der Waals surface area (Å²) in [5.74, 6) is 1.26. The largest absolute Gasteiger partial charge is 0.496 e. The fourth-order valence-corrected chi connectivity index (χ4v) is 7.81. The minimum absolute atomic E-state index is 0.0563. The van der Waals surface area contributed by atoms with E-state index in [4.69, 9.17) is 9.47 Å². The number of hydrogen-bond acceptors (Lipinski definition) is 6. The molecule has 2 aromatic rings. The first kappa shape index (κ1) is 29.4. The first-order chi connectivity index (χ1) is 16.9. The third-order valence-electron chi connectivity index (χ3n) is 6.73.